The Morgan fingerprint density at radius 1 is 0.933 bits per heavy atom. The van der Waals surface area contributed by atoms with Crippen molar-refractivity contribution in [3.8, 4) is 17.1 Å². The minimum atomic E-state index is -0.221. The molecule has 4 aromatic rings. The van der Waals surface area contributed by atoms with Crippen LogP contribution in [-0.4, -0.2) is 26.4 Å². The number of carbonyl (C=O) groups is 1. The van der Waals surface area contributed by atoms with Crippen LogP contribution >= 0.6 is 35.0 Å². The van der Waals surface area contributed by atoms with Gasteiger partial charge in [0.2, 0.25) is 11.1 Å². The second kappa shape index (κ2) is 9.34. The number of benzene rings is 3. The van der Waals surface area contributed by atoms with Crippen molar-refractivity contribution >= 4 is 46.6 Å². The van der Waals surface area contributed by atoms with Gasteiger partial charge in [0, 0.05) is 5.56 Å². The van der Waals surface area contributed by atoms with Gasteiger partial charge in [-0.3, -0.25) is 4.79 Å². The molecule has 0 atom stereocenters. The third-order valence-electron chi connectivity index (χ3n) is 4.18. The maximum Gasteiger partial charge on any atom is 0.234 e. The molecule has 30 heavy (non-hydrogen) atoms. The number of para-hydroxylation sites is 1. The van der Waals surface area contributed by atoms with Gasteiger partial charge in [-0.25, -0.2) is 9.67 Å². The lowest BCUT2D eigenvalue weighted by molar-refractivity contribution is -0.113. The summed E-state index contributed by atoms with van der Waals surface area (Å²) in [5.41, 5.74) is 2.31. The highest BCUT2D eigenvalue weighted by molar-refractivity contribution is 7.99. The summed E-state index contributed by atoms with van der Waals surface area (Å²) < 4.78 is 1.78. The fraction of sp³-hybridized carbons (Fsp3) is 0.0455. The van der Waals surface area contributed by atoms with Gasteiger partial charge in [-0.05, 0) is 24.3 Å². The van der Waals surface area contributed by atoms with Gasteiger partial charge < -0.3 is 5.32 Å². The maximum absolute atomic E-state index is 12.4. The van der Waals surface area contributed by atoms with Crippen LogP contribution in [0.2, 0.25) is 10.0 Å². The van der Waals surface area contributed by atoms with Crippen molar-refractivity contribution in [3.05, 3.63) is 88.9 Å². The van der Waals surface area contributed by atoms with Crippen molar-refractivity contribution in [2.45, 2.75) is 5.16 Å². The van der Waals surface area contributed by atoms with E-state index in [1.807, 2.05) is 60.7 Å². The highest BCUT2D eigenvalue weighted by atomic mass is 35.5. The SMILES string of the molecule is O=C(CSc1nc(-c2ccccc2)n(-c2ccccc2)n1)Nc1cccc(Cl)c1Cl. The van der Waals surface area contributed by atoms with Crippen LogP contribution in [0.25, 0.3) is 17.1 Å². The molecule has 0 spiro atoms. The Morgan fingerprint density at radius 3 is 2.37 bits per heavy atom. The van der Waals surface area contributed by atoms with Gasteiger partial charge in [-0.15, -0.1) is 5.10 Å². The Kier molecular flexibility index (Phi) is 6.38. The van der Waals surface area contributed by atoms with Crippen LogP contribution < -0.4 is 5.32 Å². The first kappa shape index (κ1) is 20.5. The molecule has 8 heteroatoms. The number of anilines is 1. The van der Waals surface area contributed by atoms with E-state index in [4.69, 9.17) is 23.2 Å². The van der Waals surface area contributed by atoms with Gasteiger partial charge in [-0.2, -0.15) is 0 Å². The smallest absolute Gasteiger partial charge is 0.234 e. The first-order valence-corrected chi connectivity index (χ1v) is 10.8. The molecular formula is C22H16Cl2N4OS. The van der Waals surface area contributed by atoms with Crippen LogP contribution in [0.4, 0.5) is 5.69 Å². The van der Waals surface area contributed by atoms with Crippen molar-refractivity contribution in [1.82, 2.24) is 14.8 Å². The van der Waals surface area contributed by atoms with E-state index in [1.54, 1.807) is 22.9 Å². The highest BCUT2D eigenvalue weighted by Gasteiger charge is 2.15. The first-order chi connectivity index (χ1) is 14.6. The molecule has 4 rings (SSSR count). The molecule has 0 fully saturated rings. The zero-order valence-corrected chi connectivity index (χ0v) is 18.0. The monoisotopic (exact) mass is 454 g/mol. The molecule has 1 heterocycles. The highest BCUT2D eigenvalue weighted by Crippen LogP contribution is 2.30. The van der Waals surface area contributed by atoms with Crippen molar-refractivity contribution < 1.29 is 4.79 Å². The Hall–Kier alpha value is -2.80. The lowest BCUT2D eigenvalue weighted by atomic mass is 10.2. The number of hydrogen-bond donors (Lipinski definition) is 1. The number of nitrogens with one attached hydrogen (secondary N) is 1. The molecule has 1 N–H and O–H groups in total. The molecule has 0 saturated carbocycles. The molecule has 0 bridgehead atoms. The van der Waals surface area contributed by atoms with Crippen molar-refractivity contribution in [2.75, 3.05) is 11.1 Å². The van der Waals surface area contributed by atoms with Crippen molar-refractivity contribution in [3.63, 3.8) is 0 Å². The van der Waals surface area contributed by atoms with Gasteiger partial charge in [0.1, 0.15) is 0 Å². The van der Waals surface area contributed by atoms with Crippen LogP contribution in [0.1, 0.15) is 0 Å². The largest absolute Gasteiger partial charge is 0.324 e. The molecule has 0 saturated heterocycles. The number of thioether (sulfide) groups is 1. The molecule has 0 radical (unpaired) electrons. The third-order valence-corrected chi connectivity index (χ3v) is 5.84. The molecule has 0 aliphatic rings. The summed E-state index contributed by atoms with van der Waals surface area (Å²) in [6, 6.07) is 24.7. The van der Waals surface area contributed by atoms with Crippen LogP contribution in [-0.2, 0) is 4.79 Å². The standard InChI is InChI=1S/C22H16Cl2N4OS/c23-17-12-7-13-18(20(17)24)25-19(29)14-30-22-26-21(15-8-3-1-4-9-15)28(27-22)16-10-5-2-6-11-16/h1-13H,14H2,(H,25,29). The topological polar surface area (TPSA) is 59.8 Å². The van der Waals surface area contributed by atoms with E-state index in [0.29, 0.717) is 26.7 Å². The molecular weight excluding hydrogens is 439 g/mol. The quantitative estimate of drug-likeness (QED) is 0.364. The van der Waals surface area contributed by atoms with Crippen LogP contribution in [0.3, 0.4) is 0 Å². The van der Waals surface area contributed by atoms with Gasteiger partial charge in [-0.1, -0.05) is 89.6 Å². The lowest BCUT2D eigenvalue weighted by Gasteiger charge is -2.07. The number of rotatable bonds is 6. The molecule has 0 aliphatic carbocycles. The summed E-state index contributed by atoms with van der Waals surface area (Å²) in [4.78, 5) is 17.0. The van der Waals surface area contributed by atoms with E-state index in [0.717, 1.165) is 11.3 Å². The Bertz CT molecular complexity index is 1110. The van der Waals surface area contributed by atoms with E-state index in [1.165, 1.54) is 11.8 Å². The van der Waals surface area contributed by atoms with Gasteiger partial charge >= 0.3 is 0 Å². The number of carbonyl (C=O) groups excluding carboxylic acids is 1. The first-order valence-electron chi connectivity index (χ1n) is 9.06. The average molecular weight is 455 g/mol. The predicted molar refractivity (Wildman–Crippen MR) is 123 cm³/mol. The summed E-state index contributed by atoms with van der Waals surface area (Å²) in [6.07, 6.45) is 0. The van der Waals surface area contributed by atoms with Gasteiger partial charge in [0.05, 0.1) is 27.2 Å². The fourth-order valence-electron chi connectivity index (χ4n) is 2.79. The normalized spacial score (nSPS) is 10.7. The molecule has 3 aromatic carbocycles. The van der Waals surface area contributed by atoms with E-state index in [9.17, 15) is 4.79 Å². The average Bonchev–Trinajstić information content (AvgIpc) is 3.21. The lowest BCUT2D eigenvalue weighted by Crippen LogP contribution is -2.14. The number of amides is 1. The predicted octanol–water partition coefficient (Wildman–Crippen LogP) is 5.97. The summed E-state index contributed by atoms with van der Waals surface area (Å²) in [6.45, 7) is 0. The van der Waals surface area contributed by atoms with Gasteiger partial charge in [0.25, 0.3) is 0 Å². The number of hydrogen-bond acceptors (Lipinski definition) is 4. The maximum atomic E-state index is 12.4. The van der Waals surface area contributed by atoms with Gasteiger partial charge in [0.15, 0.2) is 5.82 Å². The van der Waals surface area contributed by atoms with E-state index < -0.39 is 0 Å². The van der Waals surface area contributed by atoms with E-state index in [-0.39, 0.29) is 11.7 Å². The Labute approximate surface area is 188 Å². The van der Waals surface area contributed by atoms with Crippen molar-refractivity contribution in [2.24, 2.45) is 0 Å². The summed E-state index contributed by atoms with van der Waals surface area (Å²) in [7, 11) is 0. The van der Waals surface area contributed by atoms with Crippen LogP contribution in [0.5, 0.6) is 0 Å². The summed E-state index contributed by atoms with van der Waals surface area (Å²) in [5.74, 6) is 0.625. The molecule has 1 amide bonds. The molecule has 1 aromatic heterocycles. The molecule has 150 valence electrons. The number of halogens is 2. The van der Waals surface area contributed by atoms with Crippen molar-refractivity contribution in [1.29, 1.82) is 0 Å². The van der Waals surface area contributed by atoms with Crippen LogP contribution in [0, 0.1) is 0 Å². The second-order valence-corrected chi connectivity index (χ2v) is 8.00. The Balaban J connectivity index is 1.54. The fourth-order valence-corrected chi connectivity index (χ4v) is 3.76. The van der Waals surface area contributed by atoms with Crippen LogP contribution in [0.15, 0.2) is 84.0 Å². The molecule has 0 unspecified atom stereocenters. The number of nitrogens with zero attached hydrogens (tertiary/aromatic N) is 3. The summed E-state index contributed by atoms with van der Waals surface area (Å²) >= 11 is 13.4. The van der Waals surface area contributed by atoms with E-state index >= 15 is 0 Å². The molecule has 0 aliphatic heterocycles. The minimum Gasteiger partial charge on any atom is -0.324 e. The number of aromatic nitrogens is 3. The second-order valence-electron chi connectivity index (χ2n) is 6.27. The molecule has 5 nitrogen and oxygen atoms in total. The summed E-state index contributed by atoms with van der Waals surface area (Å²) in [5, 5.41) is 8.58. The minimum absolute atomic E-state index is 0.135. The van der Waals surface area contributed by atoms with E-state index in [2.05, 4.69) is 15.4 Å². The Morgan fingerprint density at radius 2 is 1.63 bits per heavy atom. The zero-order valence-electron chi connectivity index (χ0n) is 15.6. The third kappa shape index (κ3) is 4.67. The zero-order chi connectivity index (χ0) is 20.9.